The average Bonchev–Trinajstić information content (AvgIpc) is 3.22. The van der Waals surface area contributed by atoms with Gasteiger partial charge < -0.3 is 14.6 Å². The van der Waals surface area contributed by atoms with E-state index in [1.54, 1.807) is 73.7 Å². The van der Waals surface area contributed by atoms with Crippen molar-refractivity contribution in [2.45, 2.75) is 13.5 Å². The molecular weight excluding hydrogens is 544 g/mol. The predicted molar refractivity (Wildman–Crippen MR) is 149 cm³/mol. The number of amides is 1. The molecule has 0 saturated carbocycles. The average molecular weight is 565 g/mol. The van der Waals surface area contributed by atoms with E-state index in [4.69, 9.17) is 21.1 Å². The molecule has 0 aromatic heterocycles. The van der Waals surface area contributed by atoms with Gasteiger partial charge in [-0.3, -0.25) is 14.9 Å². The maximum Gasteiger partial charge on any atom is 0.344 e. The van der Waals surface area contributed by atoms with Gasteiger partial charge in [0.05, 0.1) is 21.5 Å². The number of nitro groups is 1. The molecule has 0 fully saturated rings. The number of carbonyl (C=O) groups is 2. The Labute approximate surface area is 232 Å². The summed E-state index contributed by atoms with van der Waals surface area (Å²) in [6.07, 6.45) is 1.59. The van der Waals surface area contributed by atoms with Gasteiger partial charge in [-0.2, -0.15) is 0 Å². The number of esters is 1. The number of nitrogens with zero attached hydrogens (tertiary/aromatic N) is 2. The summed E-state index contributed by atoms with van der Waals surface area (Å²) in [4.78, 5) is 40.1. The van der Waals surface area contributed by atoms with Crippen LogP contribution in [0.3, 0.4) is 0 Å². The fraction of sp³-hybridized carbons (Fsp3) is 0.107. The number of halogens is 1. The number of ether oxygens (including phenoxy) is 2. The smallest absolute Gasteiger partial charge is 0.344 e. The van der Waals surface area contributed by atoms with Gasteiger partial charge in [0, 0.05) is 17.7 Å². The van der Waals surface area contributed by atoms with Gasteiger partial charge in [0.25, 0.3) is 11.6 Å². The van der Waals surface area contributed by atoms with Gasteiger partial charge >= 0.3 is 5.97 Å². The first-order chi connectivity index (χ1) is 18.8. The number of nitro benzene ring substituents is 1. The SMILES string of the molecule is CCOC(=O)C1=C(O)/C(=C/c2ccc(OCc3cccc([N+](=O)[O-])c3)c(Cl)c2)SC1=NC(=O)c1ccccc1. The van der Waals surface area contributed by atoms with E-state index < -0.39 is 16.8 Å². The number of carbonyl (C=O) groups excluding carboxylic acids is 2. The second kappa shape index (κ2) is 12.4. The number of rotatable bonds is 8. The van der Waals surface area contributed by atoms with Gasteiger partial charge in [-0.05, 0) is 48.4 Å². The first-order valence-corrected chi connectivity index (χ1v) is 12.8. The minimum atomic E-state index is -0.798. The molecule has 3 aromatic carbocycles. The molecule has 0 unspecified atom stereocenters. The molecule has 0 atom stereocenters. The van der Waals surface area contributed by atoms with Gasteiger partial charge in [-0.25, -0.2) is 9.79 Å². The van der Waals surface area contributed by atoms with Crippen LogP contribution < -0.4 is 4.74 Å². The van der Waals surface area contributed by atoms with Gasteiger partial charge in [-0.15, -0.1) is 0 Å². The van der Waals surface area contributed by atoms with Crippen molar-refractivity contribution in [3.8, 4) is 5.75 Å². The van der Waals surface area contributed by atoms with Crippen LogP contribution in [0.5, 0.6) is 5.75 Å². The molecule has 0 aliphatic carbocycles. The van der Waals surface area contributed by atoms with Crippen molar-refractivity contribution < 1.29 is 29.1 Å². The number of thioether (sulfide) groups is 1. The standard InChI is InChI=1S/C28H21ClN2O7S/c1-2-37-28(34)24-25(32)23(39-27(24)30-26(33)19-8-4-3-5-9-19)15-17-11-12-22(21(29)14-17)38-16-18-7-6-10-20(13-18)31(35)36/h3-15,32H,2,16H2,1H3/b23-15-,30-27?. The number of aliphatic hydroxyl groups excluding tert-OH is 1. The second-order valence-corrected chi connectivity index (χ2v) is 9.49. The van der Waals surface area contributed by atoms with Crippen LogP contribution in [0.1, 0.15) is 28.4 Å². The lowest BCUT2D eigenvalue weighted by Crippen LogP contribution is -2.14. The maximum atomic E-state index is 12.7. The van der Waals surface area contributed by atoms with Crippen LogP contribution in [0.4, 0.5) is 5.69 Å². The number of hydrogen-bond acceptors (Lipinski definition) is 8. The Hall–Kier alpha value is -4.41. The largest absolute Gasteiger partial charge is 0.506 e. The van der Waals surface area contributed by atoms with Crippen LogP contribution in [-0.2, 0) is 16.1 Å². The molecule has 3 aromatic rings. The highest BCUT2D eigenvalue weighted by Crippen LogP contribution is 2.40. The fourth-order valence-corrected chi connectivity index (χ4v) is 4.78. The highest BCUT2D eigenvalue weighted by atomic mass is 35.5. The monoisotopic (exact) mass is 564 g/mol. The van der Waals surface area contributed by atoms with Crippen LogP contribution in [0, 0.1) is 10.1 Å². The Morgan fingerprint density at radius 2 is 1.87 bits per heavy atom. The molecule has 11 heteroatoms. The quantitative estimate of drug-likeness (QED) is 0.186. The van der Waals surface area contributed by atoms with E-state index in [2.05, 4.69) is 4.99 Å². The Balaban J connectivity index is 1.57. The highest BCUT2D eigenvalue weighted by molar-refractivity contribution is 8.18. The summed E-state index contributed by atoms with van der Waals surface area (Å²) < 4.78 is 10.8. The third-order valence-corrected chi connectivity index (χ3v) is 6.68. The first-order valence-electron chi connectivity index (χ1n) is 11.6. The van der Waals surface area contributed by atoms with E-state index in [0.29, 0.717) is 22.4 Å². The Kier molecular flexibility index (Phi) is 8.80. The molecule has 1 N–H and O–H groups in total. The Bertz CT molecular complexity index is 1530. The molecule has 0 saturated heterocycles. The van der Waals surface area contributed by atoms with Gasteiger partial charge in [0.2, 0.25) is 0 Å². The van der Waals surface area contributed by atoms with Crippen LogP contribution in [-0.4, -0.2) is 33.6 Å². The number of benzene rings is 3. The number of non-ortho nitro benzene ring substituents is 1. The lowest BCUT2D eigenvalue weighted by Gasteiger charge is -2.09. The van der Waals surface area contributed by atoms with Gasteiger partial charge in [-0.1, -0.05) is 59.8 Å². The van der Waals surface area contributed by atoms with Crippen molar-refractivity contribution in [2.24, 2.45) is 4.99 Å². The molecule has 4 rings (SSSR count). The van der Waals surface area contributed by atoms with E-state index >= 15 is 0 Å². The number of aliphatic hydroxyl groups is 1. The summed E-state index contributed by atoms with van der Waals surface area (Å²) in [5.74, 6) is -1.37. The molecule has 0 bridgehead atoms. The van der Waals surface area contributed by atoms with Crippen LogP contribution >= 0.6 is 23.4 Å². The molecule has 39 heavy (non-hydrogen) atoms. The van der Waals surface area contributed by atoms with Crippen LogP contribution in [0.15, 0.2) is 94.0 Å². The zero-order valence-electron chi connectivity index (χ0n) is 20.5. The molecule has 1 heterocycles. The molecule has 9 nitrogen and oxygen atoms in total. The van der Waals surface area contributed by atoms with Crippen molar-refractivity contribution >= 4 is 52.0 Å². The lowest BCUT2D eigenvalue weighted by molar-refractivity contribution is -0.384. The predicted octanol–water partition coefficient (Wildman–Crippen LogP) is 6.53. The molecule has 1 amide bonds. The summed E-state index contributed by atoms with van der Waals surface area (Å²) in [6, 6.07) is 19.3. The minimum absolute atomic E-state index is 0.0223. The summed E-state index contributed by atoms with van der Waals surface area (Å²) in [7, 11) is 0. The zero-order valence-corrected chi connectivity index (χ0v) is 22.1. The van der Waals surface area contributed by atoms with Crippen molar-refractivity contribution in [3.05, 3.63) is 121 Å². The minimum Gasteiger partial charge on any atom is -0.506 e. The van der Waals surface area contributed by atoms with Gasteiger partial charge in [0.1, 0.15) is 28.7 Å². The van der Waals surface area contributed by atoms with E-state index in [1.165, 1.54) is 12.1 Å². The summed E-state index contributed by atoms with van der Waals surface area (Å²) in [5.41, 5.74) is 1.28. The third-order valence-electron chi connectivity index (χ3n) is 5.36. The molecular formula is C28H21ClN2O7S. The van der Waals surface area contributed by atoms with Crippen molar-refractivity contribution in [1.29, 1.82) is 0 Å². The summed E-state index contributed by atoms with van der Waals surface area (Å²) in [5, 5.41) is 22.1. The van der Waals surface area contributed by atoms with E-state index in [0.717, 1.165) is 11.8 Å². The fourth-order valence-electron chi connectivity index (χ4n) is 3.53. The summed E-state index contributed by atoms with van der Waals surface area (Å²) in [6.45, 7) is 1.77. The summed E-state index contributed by atoms with van der Waals surface area (Å²) >= 11 is 7.35. The molecule has 0 spiro atoms. The van der Waals surface area contributed by atoms with Crippen molar-refractivity contribution in [1.82, 2.24) is 0 Å². The maximum absolute atomic E-state index is 12.7. The van der Waals surface area contributed by atoms with E-state index in [1.807, 2.05) is 0 Å². The Morgan fingerprint density at radius 1 is 1.10 bits per heavy atom. The topological polar surface area (TPSA) is 128 Å². The number of aliphatic imine (C=N–C) groups is 1. The molecule has 1 aliphatic heterocycles. The van der Waals surface area contributed by atoms with E-state index in [9.17, 15) is 24.8 Å². The third kappa shape index (κ3) is 6.73. The van der Waals surface area contributed by atoms with Crippen LogP contribution in [0.25, 0.3) is 6.08 Å². The molecule has 198 valence electrons. The van der Waals surface area contributed by atoms with Crippen molar-refractivity contribution in [2.75, 3.05) is 6.61 Å². The molecule has 1 aliphatic rings. The lowest BCUT2D eigenvalue weighted by atomic mass is 10.1. The second-order valence-electron chi connectivity index (χ2n) is 8.05. The van der Waals surface area contributed by atoms with Crippen LogP contribution in [0.2, 0.25) is 5.02 Å². The van der Waals surface area contributed by atoms with E-state index in [-0.39, 0.29) is 45.2 Å². The van der Waals surface area contributed by atoms with Crippen molar-refractivity contribution in [3.63, 3.8) is 0 Å². The zero-order chi connectivity index (χ0) is 27.9. The Morgan fingerprint density at radius 3 is 2.56 bits per heavy atom. The highest BCUT2D eigenvalue weighted by Gasteiger charge is 2.34. The van der Waals surface area contributed by atoms with Gasteiger partial charge in [0.15, 0.2) is 0 Å². The normalized spacial score (nSPS) is 15.0. The first kappa shape index (κ1) is 27.6. The number of hydrogen-bond donors (Lipinski definition) is 1. The molecule has 0 radical (unpaired) electrons.